The molecule has 0 radical (unpaired) electrons. The van der Waals surface area contributed by atoms with Gasteiger partial charge in [-0.05, 0) is 54.3 Å². The molecular formula is C18H15F3O2. The van der Waals surface area contributed by atoms with Crippen LogP contribution in [0.3, 0.4) is 0 Å². The Labute approximate surface area is 131 Å². The minimum atomic E-state index is -4.36. The fourth-order valence-electron chi connectivity index (χ4n) is 2.72. The number of benzene rings is 2. The van der Waals surface area contributed by atoms with E-state index >= 15 is 0 Å². The normalized spacial score (nSPS) is 14.5. The number of ether oxygens (including phenoxy) is 1. The van der Waals surface area contributed by atoms with Gasteiger partial charge in [0.05, 0.1) is 5.56 Å². The van der Waals surface area contributed by atoms with Crippen LogP contribution in [0.25, 0.3) is 0 Å². The van der Waals surface area contributed by atoms with E-state index in [0.29, 0.717) is 17.7 Å². The molecule has 2 aromatic carbocycles. The number of rotatable bonds is 3. The van der Waals surface area contributed by atoms with Crippen molar-refractivity contribution in [1.82, 2.24) is 0 Å². The Balaban J connectivity index is 1.73. The minimum absolute atomic E-state index is 0.0522. The van der Waals surface area contributed by atoms with Crippen molar-refractivity contribution in [3.05, 3.63) is 64.7 Å². The molecular weight excluding hydrogens is 305 g/mol. The Morgan fingerprint density at radius 3 is 2.65 bits per heavy atom. The first kappa shape index (κ1) is 15.6. The van der Waals surface area contributed by atoms with Crippen LogP contribution in [0.15, 0.2) is 42.5 Å². The third-order valence-corrected chi connectivity index (χ3v) is 3.89. The SMILES string of the molecule is O=C1CCCc2cc(OCc3cccc(C(F)(F)F)c3)ccc21. The molecule has 0 N–H and O–H groups in total. The molecule has 0 saturated carbocycles. The van der Waals surface area contributed by atoms with Gasteiger partial charge in [-0.15, -0.1) is 0 Å². The van der Waals surface area contributed by atoms with Gasteiger partial charge in [-0.3, -0.25) is 4.79 Å². The third kappa shape index (κ3) is 3.55. The van der Waals surface area contributed by atoms with Gasteiger partial charge < -0.3 is 4.74 Å². The van der Waals surface area contributed by atoms with Crippen molar-refractivity contribution >= 4 is 5.78 Å². The molecule has 2 aromatic rings. The number of fused-ring (bicyclic) bond motifs is 1. The summed E-state index contributed by atoms with van der Waals surface area (Å²) in [7, 11) is 0. The molecule has 0 spiro atoms. The first-order chi connectivity index (χ1) is 10.9. The van der Waals surface area contributed by atoms with Crippen LogP contribution in [0.4, 0.5) is 13.2 Å². The van der Waals surface area contributed by atoms with Crippen LogP contribution < -0.4 is 4.74 Å². The molecule has 0 bridgehead atoms. The quantitative estimate of drug-likeness (QED) is 0.812. The number of hydrogen-bond donors (Lipinski definition) is 0. The van der Waals surface area contributed by atoms with Gasteiger partial charge >= 0.3 is 6.18 Å². The highest BCUT2D eigenvalue weighted by atomic mass is 19.4. The second kappa shape index (κ2) is 6.07. The largest absolute Gasteiger partial charge is 0.489 e. The van der Waals surface area contributed by atoms with Crippen LogP contribution in [-0.2, 0) is 19.2 Å². The summed E-state index contributed by atoms with van der Waals surface area (Å²) < 4.78 is 43.6. The maximum absolute atomic E-state index is 12.7. The van der Waals surface area contributed by atoms with E-state index in [9.17, 15) is 18.0 Å². The van der Waals surface area contributed by atoms with Gasteiger partial charge in [0, 0.05) is 12.0 Å². The molecule has 0 heterocycles. The molecule has 0 amide bonds. The lowest BCUT2D eigenvalue weighted by Gasteiger charge is -2.16. The summed E-state index contributed by atoms with van der Waals surface area (Å²) in [5.41, 5.74) is 1.44. The number of ketones is 1. The van der Waals surface area contributed by atoms with E-state index in [1.807, 2.05) is 0 Å². The zero-order chi connectivity index (χ0) is 16.4. The summed E-state index contributed by atoms with van der Waals surface area (Å²) in [6, 6.07) is 10.3. The first-order valence-electron chi connectivity index (χ1n) is 7.38. The van der Waals surface area contributed by atoms with E-state index in [1.54, 1.807) is 24.3 Å². The number of carbonyl (C=O) groups excluding carboxylic acids is 1. The lowest BCUT2D eigenvalue weighted by Crippen LogP contribution is -2.10. The van der Waals surface area contributed by atoms with E-state index in [2.05, 4.69) is 0 Å². The summed E-state index contributed by atoms with van der Waals surface area (Å²) in [5.74, 6) is 0.701. The fraction of sp³-hybridized carbons (Fsp3) is 0.278. The number of carbonyl (C=O) groups is 1. The zero-order valence-corrected chi connectivity index (χ0v) is 12.3. The van der Waals surface area contributed by atoms with Crippen molar-refractivity contribution in [2.45, 2.75) is 32.0 Å². The Morgan fingerprint density at radius 1 is 1.04 bits per heavy atom. The van der Waals surface area contributed by atoms with Crippen LogP contribution in [0.2, 0.25) is 0 Å². The van der Waals surface area contributed by atoms with Crippen LogP contribution in [-0.4, -0.2) is 5.78 Å². The first-order valence-corrected chi connectivity index (χ1v) is 7.38. The van der Waals surface area contributed by atoms with Gasteiger partial charge in [-0.2, -0.15) is 13.2 Å². The van der Waals surface area contributed by atoms with Gasteiger partial charge in [0.25, 0.3) is 0 Å². The number of Topliss-reactive ketones (excluding diaryl/α,β-unsaturated/α-hetero) is 1. The van der Waals surface area contributed by atoms with Crippen LogP contribution >= 0.6 is 0 Å². The number of aryl methyl sites for hydroxylation is 1. The highest BCUT2D eigenvalue weighted by Crippen LogP contribution is 2.30. The van der Waals surface area contributed by atoms with Gasteiger partial charge in [-0.1, -0.05) is 12.1 Å². The van der Waals surface area contributed by atoms with E-state index in [0.717, 1.165) is 36.1 Å². The molecule has 23 heavy (non-hydrogen) atoms. The fourth-order valence-corrected chi connectivity index (χ4v) is 2.72. The molecule has 5 heteroatoms. The van der Waals surface area contributed by atoms with E-state index in [1.165, 1.54) is 6.07 Å². The van der Waals surface area contributed by atoms with E-state index in [4.69, 9.17) is 4.74 Å². The second-order valence-electron chi connectivity index (χ2n) is 5.58. The minimum Gasteiger partial charge on any atom is -0.489 e. The van der Waals surface area contributed by atoms with Crippen molar-refractivity contribution in [3.8, 4) is 5.75 Å². The second-order valence-corrected chi connectivity index (χ2v) is 5.58. The van der Waals surface area contributed by atoms with Gasteiger partial charge in [0.15, 0.2) is 5.78 Å². The Hall–Kier alpha value is -2.30. The molecule has 0 unspecified atom stereocenters. The predicted octanol–water partition coefficient (Wildman–Crippen LogP) is 4.80. The zero-order valence-electron chi connectivity index (χ0n) is 12.3. The highest BCUT2D eigenvalue weighted by Gasteiger charge is 2.30. The van der Waals surface area contributed by atoms with Crippen molar-refractivity contribution in [3.63, 3.8) is 0 Å². The van der Waals surface area contributed by atoms with Crippen molar-refractivity contribution < 1.29 is 22.7 Å². The molecule has 0 fully saturated rings. The highest BCUT2D eigenvalue weighted by molar-refractivity contribution is 5.98. The lowest BCUT2D eigenvalue weighted by atomic mass is 9.90. The Kier molecular flexibility index (Phi) is 4.11. The van der Waals surface area contributed by atoms with E-state index in [-0.39, 0.29) is 12.4 Å². The lowest BCUT2D eigenvalue weighted by molar-refractivity contribution is -0.137. The molecule has 1 aliphatic carbocycles. The maximum Gasteiger partial charge on any atom is 0.416 e. The topological polar surface area (TPSA) is 26.3 Å². The molecule has 120 valence electrons. The monoisotopic (exact) mass is 320 g/mol. The molecule has 1 aliphatic rings. The average molecular weight is 320 g/mol. The van der Waals surface area contributed by atoms with Gasteiger partial charge in [-0.25, -0.2) is 0 Å². The molecule has 3 rings (SSSR count). The molecule has 0 aliphatic heterocycles. The smallest absolute Gasteiger partial charge is 0.416 e. The summed E-state index contributed by atoms with van der Waals surface area (Å²) in [6.45, 7) is 0.0522. The van der Waals surface area contributed by atoms with Gasteiger partial charge in [0.1, 0.15) is 12.4 Å². The summed E-state index contributed by atoms with van der Waals surface area (Å²) >= 11 is 0. The predicted molar refractivity (Wildman–Crippen MR) is 79.5 cm³/mol. The maximum atomic E-state index is 12.7. The number of alkyl halides is 3. The van der Waals surface area contributed by atoms with Crippen LogP contribution in [0, 0.1) is 0 Å². The van der Waals surface area contributed by atoms with Crippen molar-refractivity contribution in [1.29, 1.82) is 0 Å². The number of hydrogen-bond acceptors (Lipinski definition) is 2. The molecule has 2 nitrogen and oxygen atoms in total. The molecule has 0 aromatic heterocycles. The Morgan fingerprint density at radius 2 is 1.87 bits per heavy atom. The van der Waals surface area contributed by atoms with Crippen molar-refractivity contribution in [2.24, 2.45) is 0 Å². The Bertz CT molecular complexity index is 735. The molecule has 0 saturated heterocycles. The van der Waals surface area contributed by atoms with Crippen molar-refractivity contribution in [2.75, 3.05) is 0 Å². The standard InChI is InChI=1S/C18H15F3O2/c19-18(20,21)14-5-1-3-12(9-14)11-23-15-7-8-16-13(10-15)4-2-6-17(16)22/h1,3,5,7-10H,2,4,6,11H2. The van der Waals surface area contributed by atoms with Crippen LogP contribution in [0.5, 0.6) is 5.75 Å². The summed E-state index contributed by atoms with van der Waals surface area (Å²) in [4.78, 5) is 11.8. The van der Waals surface area contributed by atoms with E-state index < -0.39 is 11.7 Å². The number of halogens is 3. The summed E-state index contributed by atoms with van der Waals surface area (Å²) in [5, 5.41) is 0. The van der Waals surface area contributed by atoms with Crippen LogP contribution in [0.1, 0.15) is 39.9 Å². The average Bonchev–Trinajstić information content (AvgIpc) is 2.52. The molecule has 0 atom stereocenters. The third-order valence-electron chi connectivity index (χ3n) is 3.89. The van der Waals surface area contributed by atoms with Gasteiger partial charge in [0.2, 0.25) is 0 Å². The summed E-state index contributed by atoms with van der Waals surface area (Å²) in [6.07, 6.45) is -2.15.